The zero-order valence-electron chi connectivity index (χ0n) is 9.90. The molecule has 0 saturated carbocycles. The number of ether oxygens (including phenoxy) is 2. The second-order valence-electron chi connectivity index (χ2n) is 4.22. The molecule has 1 fully saturated rings. The smallest absolute Gasteiger partial charge is 0.118 e. The molecular weight excluding hydrogens is 202 g/mol. The Balaban J connectivity index is 1.94. The van der Waals surface area contributed by atoms with Crippen LogP contribution in [0.4, 0.5) is 0 Å². The Morgan fingerprint density at radius 2 is 2.12 bits per heavy atom. The van der Waals surface area contributed by atoms with Gasteiger partial charge in [0, 0.05) is 18.7 Å². The van der Waals surface area contributed by atoms with Gasteiger partial charge in [-0.3, -0.25) is 0 Å². The highest BCUT2D eigenvalue weighted by molar-refractivity contribution is 5.28. The zero-order valence-corrected chi connectivity index (χ0v) is 9.90. The molecule has 2 unspecified atom stereocenters. The molecule has 3 heteroatoms. The molecule has 2 rings (SSSR count). The number of nitrogens with one attached hydrogen (secondary N) is 1. The summed E-state index contributed by atoms with van der Waals surface area (Å²) in [6.45, 7) is 3.90. The van der Waals surface area contributed by atoms with Crippen molar-refractivity contribution in [2.45, 2.75) is 25.4 Å². The van der Waals surface area contributed by atoms with E-state index in [4.69, 9.17) is 9.47 Å². The van der Waals surface area contributed by atoms with Gasteiger partial charge in [0.15, 0.2) is 0 Å². The highest BCUT2D eigenvalue weighted by Crippen LogP contribution is 2.18. The molecule has 1 saturated heterocycles. The van der Waals surface area contributed by atoms with Gasteiger partial charge in [-0.2, -0.15) is 0 Å². The van der Waals surface area contributed by atoms with Gasteiger partial charge in [-0.1, -0.05) is 12.1 Å². The van der Waals surface area contributed by atoms with Crippen LogP contribution in [-0.2, 0) is 4.74 Å². The van der Waals surface area contributed by atoms with E-state index in [9.17, 15) is 0 Å². The Hall–Kier alpha value is -1.06. The third-order valence-electron chi connectivity index (χ3n) is 3.03. The molecule has 1 N–H and O–H groups in total. The maximum absolute atomic E-state index is 5.35. The minimum atomic E-state index is 0.359. The van der Waals surface area contributed by atoms with Crippen LogP contribution in [0.25, 0.3) is 0 Å². The van der Waals surface area contributed by atoms with Crippen molar-refractivity contribution in [1.82, 2.24) is 5.32 Å². The van der Waals surface area contributed by atoms with E-state index in [1.165, 1.54) is 5.56 Å². The SMILES string of the molecule is COc1ccc(C(C)NC2CCOC2)cc1. The molecule has 3 nitrogen and oxygen atoms in total. The molecule has 2 atom stereocenters. The topological polar surface area (TPSA) is 30.5 Å². The monoisotopic (exact) mass is 221 g/mol. The highest BCUT2D eigenvalue weighted by Gasteiger charge is 2.17. The summed E-state index contributed by atoms with van der Waals surface area (Å²) >= 11 is 0. The van der Waals surface area contributed by atoms with Crippen LogP contribution in [-0.4, -0.2) is 26.4 Å². The van der Waals surface area contributed by atoms with E-state index in [0.717, 1.165) is 25.4 Å². The van der Waals surface area contributed by atoms with Crippen molar-refractivity contribution in [2.24, 2.45) is 0 Å². The van der Waals surface area contributed by atoms with Crippen LogP contribution < -0.4 is 10.1 Å². The molecule has 0 bridgehead atoms. The molecular formula is C13H19NO2. The Morgan fingerprint density at radius 3 is 2.69 bits per heavy atom. The molecule has 0 aromatic heterocycles. The summed E-state index contributed by atoms with van der Waals surface area (Å²) in [6.07, 6.45) is 1.11. The van der Waals surface area contributed by atoms with Crippen molar-refractivity contribution in [2.75, 3.05) is 20.3 Å². The minimum Gasteiger partial charge on any atom is -0.497 e. The summed E-state index contributed by atoms with van der Waals surface area (Å²) < 4.78 is 10.5. The van der Waals surface area contributed by atoms with Crippen molar-refractivity contribution in [1.29, 1.82) is 0 Å². The summed E-state index contributed by atoms with van der Waals surface area (Å²) in [4.78, 5) is 0. The summed E-state index contributed by atoms with van der Waals surface area (Å²) in [7, 11) is 1.69. The van der Waals surface area contributed by atoms with Crippen molar-refractivity contribution in [3.63, 3.8) is 0 Å². The summed E-state index contributed by atoms with van der Waals surface area (Å²) in [5.41, 5.74) is 1.28. The molecule has 1 aromatic rings. The van der Waals surface area contributed by atoms with E-state index < -0.39 is 0 Å². The lowest BCUT2D eigenvalue weighted by atomic mass is 10.1. The first-order valence-corrected chi connectivity index (χ1v) is 5.77. The summed E-state index contributed by atoms with van der Waals surface area (Å²) in [5.74, 6) is 0.903. The molecule has 1 aliphatic rings. The van der Waals surface area contributed by atoms with E-state index in [2.05, 4.69) is 24.4 Å². The summed E-state index contributed by atoms with van der Waals surface area (Å²) in [6, 6.07) is 9.06. The Labute approximate surface area is 96.8 Å². The molecule has 1 heterocycles. The highest BCUT2D eigenvalue weighted by atomic mass is 16.5. The van der Waals surface area contributed by atoms with Gasteiger partial charge >= 0.3 is 0 Å². The lowest BCUT2D eigenvalue weighted by Crippen LogP contribution is -2.31. The van der Waals surface area contributed by atoms with Gasteiger partial charge in [0.05, 0.1) is 13.7 Å². The van der Waals surface area contributed by atoms with E-state index in [1.807, 2.05) is 12.1 Å². The number of benzene rings is 1. The van der Waals surface area contributed by atoms with Gasteiger partial charge in [0.1, 0.15) is 5.75 Å². The molecule has 0 amide bonds. The average Bonchev–Trinajstić information content (AvgIpc) is 2.82. The maximum atomic E-state index is 5.35. The van der Waals surface area contributed by atoms with E-state index in [0.29, 0.717) is 12.1 Å². The number of rotatable bonds is 4. The first-order valence-electron chi connectivity index (χ1n) is 5.77. The average molecular weight is 221 g/mol. The zero-order chi connectivity index (χ0) is 11.4. The summed E-state index contributed by atoms with van der Waals surface area (Å²) in [5, 5.41) is 3.57. The number of hydrogen-bond donors (Lipinski definition) is 1. The first-order chi connectivity index (χ1) is 7.79. The van der Waals surface area contributed by atoms with Crippen LogP contribution in [0.15, 0.2) is 24.3 Å². The maximum Gasteiger partial charge on any atom is 0.118 e. The van der Waals surface area contributed by atoms with Crippen LogP contribution >= 0.6 is 0 Å². The fraction of sp³-hybridized carbons (Fsp3) is 0.538. The van der Waals surface area contributed by atoms with Crippen molar-refractivity contribution in [3.05, 3.63) is 29.8 Å². The van der Waals surface area contributed by atoms with Gasteiger partial charge in [0.25, 0.3) is 0 Å². The molecule has 16 heavy (non-hydrogen) atoms. The molecule has 88 valence electrons. The van der Waals surface area contributed by atoms with Crippen LogP contribution in [0.3, 0.4) is 0 Å². The van der Waals surface area contributed by atoms with E-state index in [1.54, 1.807) is 7.11 Å². The van der Waals surface area contributed by atoms with Crippen LogP contribution in [0.1, 0.15) is 24.9 Å². The third kappa shape index (κ3) is 2.74. The van der Waals surface area contributed by atoms with Gasteiger partial charge in [-0.25, -0.2) is 0 Å². The normalized spacial score (nSPS) is 22.0. The predicted molar refractivity (Wildman–Crippen MR) is 63.8 cm³/mol. The lowest BCUT2D eigenvalue weighted by Gasteiger charge is -2.18. The van der Waals surface area contributed by atoms with Crippen LogP contribution in [0.2, 0.25) is 0 Å². The third-order valence-corrected chi connectivity index (χ3v) is 3.03. The molecule has 1 aromatic carbocycles. The van der Waals surface area contributed by atoms with Gasteiger partial charge in [-0.05, 0) is 31.0 Å². The van der Waals surface area contributed by atoms with Crippen molar-refractivity contribution in [3.8, 4) is 5.75 Å². The predicted octanol–water partition coefficient (Wildman–Crippen LogP) is 2.13. The second-order valence-corrected chi connectivity index (χ2v) is 4.22. The Kier molecular flexibility index (Phi) is 3.80. The van der Waals surface area contributed by atoms with Crippen LogP contribution in [0.5, 0.6) is 5.75 Å². The molecule has 0 aliphatic carbocycles. The molecule has 0 radical (unpaired) electrons. The van der Waals surface area contributed by atoms with Crippen LogP contribution in [0, 0.1) is 0 Å². The number of methoxy groups -OCH3 is 1. The lowest BCUT2D eigenvalue weighted by molar-refractivity contribution is 0.188. The van der Waals surface area contributed by atoms with E-state index >= 15 is 0 Å². The van der Waals surface area contributed by atoms with Crippen molar-refractivity contribution >= 4 is 0 Å². The Morgan fingerprint density at radius 1 is 1.38 bits per heavy atom. The standard InChI is InChI=1S/C13H19NO2/c1-10(14-12-7-8-16-9-12)11-3-5-13(15-2)6-4-11/h3-6,10,12,14H,7-9H2,1-2H3. The fourth-order valence-electron chi connectivity index (χ4n) is 2.01. The molecule has 1 aliphatic heterocycles. The Bertz CT molecular complexity index is 317. The first kappa shape index (κ1) is 11.4. The van der Waals surface area contributed by atoms with Gasteiger partial charge < -0.3 is 14.8 Å². The second kappa shape index (κ2) is 5.32. The fourth-order valence-corrected chi connectivity index (χ4v) is 2.01. The minimum absolute atomic E-state index is 0.359. The van der Waals surface area contributed by atoms with E-state index in [-0.39, 0.29) is 0 Å². The quantitative estimate of drug-likeness (QED) is 0.845. The van der Waals surface area contributed by atoms with Gasteiger partial charge in [-0.15, -0.1) is 0 Å². The molecule has 0 spiro atoms. The largest absolute Gasteiger partial charge is 0.497 e. The van der Waals surface area contributed by atoms with Crippen molar-refractivity contribution < 1.29 is 9.47 Å². The number of hydrogen-bond acceptors (Lipinski definition) is 3. The van der Waals surface area contributed by atoms with Gasteiger partial charge in [0.2, 0.25) is 0 Å².